The quantitative estimate of drug-likeness (QED) is 0.421. The van der Waals surface area contributed by atoms with Gasteiger partial charge in [0.25, 0.3) is 0 Å². The number of rotatable bonds is 5. The summed E-state index contributed by atoms with van der Waals surface area (Å²) in [7, 11) is 4.06. The molecule has 1 fully saturated rings. The van der Waals surface area contributed by atoms with E-state index < -0.39 is 0 Å². The lowest BCUT2D eigenvalue weighted by molar-refractivity contribution is 0.472. The SMILES string of the molecule is CN(C)c1ccc(-n2cccc2[C@@H]2[C@H](c3ccccn3)NC(=S)N2c2ccccc2O)cc1. The van der Waals surface area contributed by atoms with Crippen molar-refractivity contribution in [2.75, 3.05) is 23.9 Å². The third-order valence-corrected chi connectivity index (χ3v) is 6.28. The van der Waals surface area contributed by atoms with Gasteiger partial charge in [0, 0.05) is 43.6 Å². The highest BCUT2D eigenvalue weighted by Gasteiger charge is 2.42. The van der Waals surface area contributed by atoms with Crippen LogP contribution in [-0.4, -0.2) is 33.9 Å². The zero-order chi connectivity index (χ0) is 22.9. The van der Waals surface area contributed by atoms with Crippen LogP contribution in [0.2, 0.25) is 0 Å². The number of hydrogen-bond acceptors (Lipinski definition) is 4. The van der Waals surface area contributed by atoms with E-state index in [-0.39, 0.29) is 17.8 Å². The fourth-order valence-corrected chi connectivity index (χ4v) is 4.70. The Labute approximate surface area is 198 Å². The van der Waals surface area contributed by atoms with E-state index in [0.717, 1.165) is 22.8 Å². The molecule has 2 aromatic heterocycles. The van der Waals surface area contributed by atoms with E-state index in [9.17, 15) is 5.11 Å². The first-order valence-electron chi connectivity index (χ1n) is 10.8. The molecular formula is C26H25N5OS. The Bertz CT molecular complexity index is 1270. The van der Waals surface area contributed by atoms with E-state index in [2.05, 4.69) is 56.3 Å². The van der Waals surface area contributed by atoms with Crippen molar-refractivity contribution in [3.8, 4) is 11.4 Å². The number of para-hydroxylation sites is 2. The molecular weight excluding hydrogens is 430 g/mol. The Morgan fingerprint density at radius 2 is 1.70 bits per heavy atom. The minimum atomic E-state index is -0.218. The van der Waals surface area contributed by atoms with Gasteiger partial charge < -0.3 is 24.8 Å². The second-order valence-electron chi connectivity index (χ2n) is 8.20. The molecule has 3 heterocycles. The van der Waals surface area contributed by atoms with E-state index in [1.165, 1.54) is 0 Å². The summed E-state index contributed by atoms with van der Waals surface area (Å²) in [6, 6.07) is 25.3. The summed E-state index contributed by atoms with van der Waals surface area (Å²) in [6.07, 6.45) is 3.85. The molecule has 1 aliphatic heterocycles. The van der Waals surface area contributed by atoms with Crippen LogP contribution in [0, 0.1) is 0 Å². The summed E-state index contributed by atoms with van der Waals surface area (Å²) in [4.78, 5) is 8.68. The Hall–Kier alpha value is -3.84. The standard InChI is InChI=1S/C26H25N5OS/c1-29(2)18-12-14-19(15-13-18)30-17-7-10-22(30)25-24(20-8-5-6-16-27-20)28-26(33)31(25)21-9-3-4-11-23(21)32/h3-17,24-25,32H,1-2H3,(H,28,33)/t24-,25+/m0/s1. The predicted octanol–water partition coefficient (Wildman–Crippen LogP) is 4.82. The number of phenolic OH excluding ortho intramolecular Hbond substituents is 1. The van der Waals surface area contributed by atoms with Gasteiger partial charge in [0.15, 0.2) is 5.11 Å². The molecule has 0 radical (unpaired) electrons. The van der Waals surface area contributed by atoms with Crippen LogP contribution in [-0.2, 0) is 0 Å². The molecule has 1 aliphatic rings. The minimum Gasteiger partial charge on any atom is -0.506 e. The summed E-state index contributed by atoms with van der Waals surface area (Å²) >= 11 is 5.78. The van der Waals surface area contributed by atoms with Gasteiger partial charge in [0.1, 0.15) is 11.8 Å². The lowest BCUT2D eigenvalue weighted by Crippen LogP contribution is -2.30. The number of anilines is 2. The number of nitrogens with zero attached hydrogens (tertiary/aromatic N) is 4. The number of pyridine rings is 1. The highest BCUT2D eigenvalue weighted by molar-refractivity contribution is 7.80. The Morgan fingerprint density at radius 3 is 2.39 bits per heavy atom. The van der Waals surface area contributed by atoms with E-state index in [4.69, 9.17) is 12.2 Å². The number of thiocarbonyl (C=S) groups is 1. The molecule has 0 unspecified atom stereocenters. The average molecular weight is 456 g/mol. The molecule has 166 valence electrons. The first-order valence-corrected chi connectivity index (χ1v) is 11.2. The highest BCUT2D eigenvalue weighted by atomic mass is 32.1. The van der Waals surface area contributed by atoms with Crippen LogP contribution in [0.1, 0.15) is 23.5 Å². The van der Waals surface area contributed by atoms with Gasteiger partial charge in [-0.25, -0.2) is 0 Å². The summed E-state index contributed by atoms with van der Waals surface area (Å²) in [5, 5.41) is 14.7. The fourth-order valence-electron chi connectivity index (χ4n) is 4.36. The van der Waals surface area contributed by atoms with Crippen LogP contribution in [0.15, 0.2) is 91.3 Å². The van der Waals surface area contributed by atoms with Gasteiger partial charge in [-0.15, -0.1) is 0 Å². The second-order valence-corrected chi connectivity index (χ2v) is 8.59. The Balaban J connectivity index is 1.65. The summed E-state index contributed by atoms with van der Waals surface area (Å²) in [5.41, 5.74) is 4.78. The highest BCUT2D eigenvalue weighted by Crippen LogP contribution is 2.44. The van der Waals surface area contributed by atoms with Crippen molar-refractivity contribution in [1.29, 1.82) is 0 Å². The summed E-state index contributed by atoms with van der Waals surface area (Å²) < 4.78 is 2.17. The predicted molar refractivity (Wildman–Crippen MR) is 136 cm³/mol. The lowest BCUT2D eigenvalue weighted by atomic mass is 10.0. The van der Waals surface area contributed by atoms with Crippen molar-refractivity contribution in [2.24, 2.45) is 0 Å². The number of phenols is 1. The number of nitrogens with one attached hydrogen (secondary N) is 1. The first kappa shape index (κ1) is 21.0. The third-order valence-electron chi connectivity index (χ3n) is 5.97. The van der Waals surface area contributed by atoms with Gasteiger partial charge >= 0.3 is 0 Å². The Kier molecular flexibility index (Phi) is 5.48. The zero-order valence-corrected chi connectivity index (χ0v) is 19.3. The normalized spacial score (nSPS) is 17.8. The third kappa shape index (κ3) is 3.81. The molecule has 6 nitrogen and oxygen atoms in total. The van der Waals surface area contributed by atoms with Gasteiger partial charge in [0.05, 0.1) is 17.4 Å². The lowest BCUT2D eigenvalue weighted by Gasteiger charge is -2.29. The van der Waals surface area contributed by atoms with E-state index in [1.807, 2.05) is 61.5 Å². The molecule has 33 heavy (non-hydrogen) atoms. The molecule has 4 aromatic rings. The number of aromatic nitrogens is 2. The van der Waals surface area contributed by atoms with Crippen molar-refractivity contribution in [3.05, 3.63) is 103 Å². The number of hydrogen-bond donors (Lipinski definition) is 2. The van der Waals surface area contributed by atoms with Crippen LogP contribution in [0.5, 0.6) is 5.75 Å². The van der Waals surface area contributed by atoms with Crippen molar-refractivity contribution >= 4 is 28.7 Å². The van der Waals surface area contributed by atoms with Gasteiger partial charge in [-0.05, 0) is 72.9 Å². The van der Waals surface area contributed by atoms with Gasteiger partial charge in [-0.3, -0.25) is 4.98 Å². The minimum absolute atomic E-state index is 0.182. The number of aromatic hydroxyl groups is 1. The molecule has 0 aliphatic carbocycles. The summed E-state index contributed by atoms with van der Waals surface area (Å²) in [5.74, 6) is 0.182. The smallest absolute Gasteiger partial charge is 0.174 e. The molecule has 1 saturated heterocycles. The van der Waals surface area contributed by atoms with Crippen LogP contribution < -0.4 is 15.1 Å². The van der Waals surface area contributed by atoms with Crippen molar-refractivity contribution in [1.82, 2.24) is 14.9 Å². The largest absolute Gasteiger partial charge is 0.506 e. The van der Waals surface area contributed by atoms with Crippen molar-refractivity contribution < 1.29 is 5.11 Å². The van der Waals surface area contributed by atoms with Crippen LogP contribution in [0.25, 0.3) is 5.69 Å². The maximum absolute atomic E-state index is 10.7. The van der Waals surface area contributed by atoms with E-state index >= 15 is 0 Å². The van der Waals surface area contributed by atoms with Gasteiger partial charge in [-0.1, -0.05) is 18.2 Å². The van der Waals surface area contributed by atoms with Crippen molar-refractivity contribution in [3.63, 3.8) is 0 Å². The molecule has 0 amide bonds. The molecule has 2 aromatic carbocycles. The fraction of sp³-hybridized carbons (Fsp3) is 0.154. The molecule has 5 rings (SSSR count). The molecule has 0 spiro atoms. The molecule has 7 heteroatoms. The molecule has 0 bridgehead atoms. The van der Waals surface area contributed by atoms with Crippen molar-refractivity contribution in [2.45, 2.75) is 12.1 Å². The maximum atomic E-state index is 10.7. The van der Waals surface area contributed by atoms with Crippen LogP contribution in [0.3, 0.4) is 0 Å². The number of benzene rings is 2. The average Bonchev–Trinajstić information content (AvgIpc) is 3.44. The van der Waals surface area contributed by atoms with Gasteiger partial charge in [0.2, 0.25) is 0 Å². The summed E-state index contributed by atoms with van der Waals surface area (Å²) in [6.45, 7) is 0. The van der Waals surface area contributed by atoms with Crippen LogP contribution >= 0.6 is 12.2 Å². The second kappa shape index (κ2) is 8.60. The van der Waals surface area contributed by atoms with E-state index in [1.54, 1.807) is 12.3 Å². The molecule has 2 atom stereocenters. The maximum Gasteiger partial charge on any atom is 0.174 e. The Morgan fingerprint density at radius 1 is 0.939 bits per heavy atom. The zero-order valence-electron chi connectivity index (χ0n) is 18.5. The van der Waals surface area contributed by atoms with Crippen LogP contribution in [0.4, 0.5) is 11.4 Å². The molecule has 2 N–H and O–H groups in total. The topological polar surface area (TPSA) is 56.6 Å². The first-order chi connectivity index (χ1) is 16.0. The van der Waals surface area contributed by atoms with E-state index in [0.29, 0.717) is 10.8 Å². The monoisotopic (exact) mass is 455 g/mol. The van der Waals surface area contributed by atoms with Gasteiger partial charge in [-0.2, -0.15) is 0 Å². The molecule has 0 saturated carbocycles.